The van der Waals surface area contributed by atoms with Gasteiger partial charge in [-0.3, -0.25) is 9.67 Å². The van der Waals surface area contributed by atoms with Crippen molar-refractivity contribution >= 4 is 5.96 Å². The highest BCUT2D eigenvalue weighted by molar-refractivity contribution is 5.79. The Kier molecular flexibility index (Phi) is 6.41. The van der Waals surface area contributed by atoms with Crippen molar-refractivity contribution in [2.24, 2.45) is 4.99 Å². The fourth-order valence-corrected chi connectivity index (χ4v) is 1.49. The van der Waals surface area contributed by atoms with Crippen molar-refractivity contribution in [3.63, 3.8) is 0 Å². The summed E-state index contributed by atoms with van der Waals surface area (Å²) in [5, 5.41) is 10.4. The summed E-state index contributed by atoms with van der Waals surface area (Å²) in [4.78, 5) is 4.43. The molecule has 0 bridgehead atoms. The van der Waals surface area contributed by atoms with Gasteiger partial charge in [0.05, 0.1) is 12.7 Å². The van der Waals surface area contributed by atoms with Gasteiger partial charge in [0.25, 0.3) is 0 Å². The smallest absolute Gasteiger partial charge is 0.192 e. The van der Waals surface area contributed by atoms with Gasteiger partial charge in [0.1, 0.15) is 0 Å². The van der Waals surface area contributed by atoms with E-state index in [4.69, 9.17) is 6.42 Å². The van der Waals surface area contributed by atoms with Gasteiger partial charge >= 0.3 is 0 Å². The highest BCUT2D eigenvalue weighted by Gasteiger charge is 1.96. The molecule has 5 nitrogen and oxygen atoms in total. The van der Waals surface area contributed by atoms with E-state index in [9.17, 15) is 0 Å². The van der Waals surface area contributed by atoms with Crippen molar-refractivity contribution in [2.75, 3.05) is 19.6 Å². The fourth-order valence-electron chi connectivity index (χ4n) is 1.49. The van der Waals surface area contributed by atoms with E-state index < -0.39 is 0 Å². The minimum Gasteiger partial charge on any atom is -0.357 e. The van der Waals surface area contributed by atoms with E-state index in [1.165, 1.54) is 5.56 Å². The fraction of sp³-hybridized carbons (Fsp3) is 0.538. The lowest BCUT2D eigenvalue weighted by atomic mass is 10.4. The van der Waals surface area contributed by atoms with Crippen LogP contribution in [0.4, 0.5) is 0 Å². The molecule has 0 saturated carbocycles. The molecule has 0 saturated heterocycles. The van der Waals surface area contributed by atoms with Crippen LogP contribution < -0.4 is 10.6 Å². The van der Waals surface area contributed by atoms with Gasteiger partial charge in [-0.1, -0.05) is 5.92 Å². The maximum Gasteiger partial charge on any atom is 0.192 e. The molecule has 0 radical (unpaired) electrons. The first kappa shape index (κ1) is 14.1. The van der Waals surface area contributed by atoms with Crippen molar-refractivity contribution in [1.29, 1.82) is 0 Å². The molecule has 1 aromatic rings. The van der Waals surface area contributed by atoms with E-state index in [1.54, 1.807) is 0 Å². The van der Waals surface area contributed by atoms with Gasteiger partial charge in [-0.25, -0.2) is 0 Å². The lowest BCUT2D eigenvalue weighted by molar-refractivity contribution is 0.584. The number of guanidine groups is 1. The molecule has 0 aliphatic rings. The van der Waals surface area contributed by atoms with Crippen LogP contribution in [0.2, 0.25) is 0 Å². The summed E-state index contributed by atoms with van der Waals surface area (Å²) >= 11 is 0. The zero-order chi connectivity index (χ0) is 13.2. The maximum absolute atomic E-state index is 5.20. The summed E-state index contributed by atoms with van der Waals surface area (Å²) in [6, 6.07) is 0. The SMILES string of the molecule is C#CCNC(=NCCCn1cc(C)cn1)NCC. The Balaban J connectivity index is 2.29. The number of terminal acetylenes is 1. The maximum atomic E-state index is 5.20. The highest BCUT2D eigenvalue weighted by Crippen LogP contribution is 1.95. The van der Waals surface area contributed by atoms with E-state index >= 15 is 0 Å². The number of hydrogen-bond acceptors (Lipinski definition) is 2. The number of aryl methyl sites for hydroxylation is 2. The average Bonchev–Trinajstić information content (AvgIpc) is 2.77. The summed E-state index contributed by atoms with van der Waals surface area (Å²) < 4.78 is 1.94. The molecule has 0 spiro atoms. The molecular weight excluding hydrogens is 226 g/mol. The number of aromatic nitrogens is 2. The van der Waals surface area contributed by atoms with Gasteiger partial charge in [0, 0.05) is 25.8 Å². The molecule has 0 aliphatic carbocycles. The number of rotatable bonds is 6. The van der Waals surface area contributed by atoms with Crippen molar-refractivity contribution in [2.45, 2.75) is 26.8 Å². The first-order valence-electron chi connectivity index (χ1n) is 6.21. The quantitative estimate of drug-likeness (QED) is 0.338. The van der Waals surface area contributed by atoms with Crippen LogP contribution in [0.5, 0.6) is 0 Å². The normalized spacial score (nSPS) is 11.1. The van der Waals surface area contributed by atoms with E-state index in [1.807, 2.05) is 30.9 Å². The first-order chi connectivity index (χ1) is 8.76. The van der Waals surface area contributed by atoms with Gasteiger partial charge in [-0.2, -0.15) is 5.10 Å². The van der Waals surface area contributed by atoms with Crippen LogP contribution in [0.3, 0.4) is 0 Å². The first-order valence-corrected chi connectivity index (χ1v) is 6.21. The van der Waals surface area contributed by atoms with Crippen molar-refractivity contribution in [3.8, 4) is 12.3 Å². The van der Waals surface area contributed by atoms with Crippen LogP contribution in [-0.2, 0) is 6.54 Å². The minimum atomic E-state index is 0.490. The van der Waals surface area contributed by atoms with E-state index in [0.29, 0.717) is 6.54 Å². The summed E-state index contributed by atoms with van der Waals surface area (Å²) in [5.41, 5.74) is 1.18. The zero-order valence-electron chi connectivity index (χ0n) is 11.1. The van der Waals surface area contributed by atoms with E-state index in [2.05, 4.69) is 26.6 Å². The molecule has 2 N–H and O–H groups in total. The molecule has 0 amide bonds. The monoisotopic (exact) mass is 247 g/mol. The zero-order valence-corrected chi connectivity index (χ0v) is 11.1. The van der Waals surface area contributed by atoms with Gasteiger partial charge in [-0.05, 0) is 25.8 Å². The molecule has 0 unspecified atom stereocenters. The number of aliphatic imine (C=N–C) groups is 1. The second kappa shape index (κ2) is 8.18. The average molecular weight is 247 g/mol. The Morgan fingerprint density at radius 2 is 2.39 bits per heavy atom. The summed E-state index contributed by atoms with van der Waals surface area (Å²) in [6.45, 7) is 7.01. The minimum absolute atomic E-state index is 0.490. The topological polar surface area (TPSA) is 54.2 Å². The van der Waals surface area contributed by atoms with Crippen LogP contribution in [0.1, 0.15) is 18.9 Å². The van der Waals surface area contributed by atoms with Crippen LogP contribution in [-0.4, -0.2) is 35.4 Å². The Hall–Kier alpha value is -1.96. The summed E-state index contributed by atoms with van der Waals surface area (Å²) in [7, 11) is 0. The van der Waals surface area contributed by atoms with Crippen LogP contribution >= 0.6 is 0 Å². The Labute approximate surface area is 109 Å². The molecule has 1 rings (SSSR count). The second-order valence-corrected chi connectivity index (χ2v) is 3.95. The summed E-state index contributed by atoms with van der Waals surface area (Å²) in [5.74, 6) is 3.30. The molecule has 0 aromatic carbocycles. The molecule has 18 heavy (non-hydrogen) atoms. The molecule has 1 aromatic heterocycles. The number of nitrogens with one attached hydrogen (secondary N) is 2. The summed E-state index contributed by atoms with van der Waals surface area (Å²) in [6.07, 6.45) is 10.0. The van der Waals surface area contributed by atoms with Crippen molar-refractivity contribution in [1.82, 2.24) is 20.4 Å². The molecule has 0 fully saturated rings. The number of hydrogen-bond donors (Lipinski definition) is 2. The lowest BCUT2D eigenvalue weighted by Gasteiger charge is -2.08. The molecule has 5 heteroatoms. The Bertz CT molecular complexity index is 413. The standard InChI is InChI=1S/C13H21N5/c1-4-7-15-13(14-5-2)16-8-6-9-18-11-12(3)10-17-18/h1,10-11H,5-9H2,2-3H3,(H2,14,15,16). The van der Waals surface area contributed by atoms with Crippen LogP contribution in [0.25, 0.3) is 0 Å². The lowest BCUT2D eigenvalue weighted by Crippen LogP contribution is -2.37. The molecule has 0 aliphatic heterocycles. The molecule has 98 valence electrons. The third-order valence-corrected chi connectivity index (χ3v) is 2.28. The second-order valence-electron chi connectivity index (χ2n) is 3.95. The largest absolute Gasteiger partial charge is 0.357 e. The third-order valence-electron chi connectivity index (χ3n) is 2.28. The molecule has 1 heterocycles. The van der Waals surface area contributed by atoms with Crippen molar-refractivity contribution < 1.29 is 0 Å². The van der Waals surface area contributed by atoms with Gasteiger partial charge in [0.2, 0.25) is 0 Å². The van der Waals surface area contributed by atoms with Crippen LogP contribution in [0.15, 0.2) is 17.4 Å². The Morgan fingerprint density at radius 3 is 3.00 bits per heavy atom. The van der Waals surface area contributed by atoms with Crippen molar-refractivity contribution in [3.05, 3.63) is 18.0 Å². The van der Waals surface area contributed by atoms with E-state index in [-0.39, 0.29) is 0 Å². The van der Waals surface area contributed by atoms with Crippen LogP contribution in [0, 0.1) is 19.3 Å². The van der Waals surface area contributed by atoms with Gasteiger partial charge < -0.3 is 10.6 Å². The third kappa shape index (κ3) is 5.39. The van der Waals surface area contributed by atoms with Gasteiger partial charge in [0.15, 0.2) is 5.96 Å². The predicted molar refractivity (Wildman–Crippen MR) is 74.4 cm³/mol. The number of nitrogens with zero attached hydrogens (tertiary/aromatic N) is 3. The van der Waals surface area contributed by atoms with Gasteiger partial charge in [-0.15, -0.1) is 6.42 Å². The van der Waals surface area contributed by atoms with E-state index in [0.717, 1.165) is 32.0 Å². The predicted octanol–water partition coefficient (Wildman–Crippen LogP) is 0.770. The molecule has 0 atom stereocenters. The Morgan fingerprint density at radius 1 is 1.56 bits per heavy atom. The highest BCUT2D eigenvalue weighted by atomic mass is 15.3. The molecular formula is C13H21N5.